The van der Waals surface area contributed by atoms with Gasteiger partial charge in [0.05, 0.1) is 0 Å². The summed E-state index contributed by atoms with van der Waals surface area (Å²) in [7, 11) is 0. The van der Waals surface area contributed by atoms with Crippen LogP contribution >= 0.6 is 0 Å². The van der Waals surface area contributed by atoms with Gasteiger partial charge in [-0.1, -0.05) is 47.0 Å². The van der Waals surface area contributed by atoms with Crippen LogP contribution in [0.4, 0.5) is 0 Å². The van der Waals surface area contributed by atoms with Gasteiger partial charge in [0, 0.05) is 17.4 Å². The molecule has 1 unspecified atom stereocenters. The van der Waals surface area contributed by atoms with Crippen LogP contribution in [0.15, 0.2) is 11.8 Å². The van der Waals surface area contributed by atoms with Gasteiger partial charge in [-0.15, -0.1) is 0 Å². The Hall–Kier alpha value is -0.790. The predicted molar refractivity (Wildman–Crippen MR) is 80.1 cm³/mol. The number of carbonyl (C=O) groups is 1. The molecule has 1 N–H and O–H groups in total. The Labute approximate surface area is 118 Å². The van der Waals surface area contributed by atoms with E-state index < -0.39 is 0 Å². The van der Waals surface area contributed by atoms with Gasteiger partial charge >= 0.3 is 0 Å². The lowest BCUT2D eigenvalue weighted by Crippen LogP contribution is -2.23. The number of carbonyl (C=O) groups excluding carboxylic acids is 1. The molecule has 0 aromatic rings. The van der Waals surface area contributed by atoms with E-state index in [1.165, 1.54) is 25.3 Å². The molecule has 1 atom stereocenters. The Bertz CT molecular complexity index is 322. The van der Waals surface area contributed by atoms with Crippen molar-refractivity contribution in [3.05, 3.63) is 11.8 Å². The third kappa shape index (κ3) is 4.09. The van der Waals surface area contributed by atoms with Crippen LogP contribution in [0.5, 0.6) is 0 Å². The zero-order valence-electron chi connectivity index (χ0n) is 13.0. The normalized spacial score (nSPS) is 19.1. The van der Waals surface area contributed by atoms with Gasteiger partial charge in [0.25, 0.3) is 0 Å². The van der Waals surface area contributed by atoms with E-state index in [0.29, 0.717) is 0 Å². The first-order chi connectivity index (χ1) is 8.96. The lowest BCUT2D eigenvalue weighted by atomic mass is 9.76. The van der Waals surface area contributed by atoms with Crippen molar-refractivity contribution in [3.63, 3.8) is 0 Å². The summed E-state index contributed by atoms with van der Waals surface area (Å²) in [5.74, 6) is 1.24. The second-order valence-corrected chi connectivity index (χ2v) is 6.34. The molecule has 2 nitrogen and oxygen atoms in total. The van der Waals surface area contributed by atoms with Gasteiger partial charge in [-0.05, 0) is 31.6 Å². The second kappa shape index (κ2) is 7.12. The molecule has 1 fully saturated rings. The molecule has 0 saturated heterocycles. The molecule has 1 rings (SSSR count). The zero-order valence-corrected chi connectivity index (χ0v) is 13.0. The molecule has 0 spiro atoms. The van der Waals surface area contributed by atoms with Crippen molar-refractivity contribution in [1.29, 1.82) is 0 Å². The van der Waals surface area contributed by atoms with Crippen LogP contribution in [-0.4, -0.2) is 10.9 Å². The van der Waals surface area contributed by atoms with Gasteiger partial charge in [-0.3, -0.25) is 4.79 Å². The highest BCUT2D eigenvalue weighted by Gasteiger charge is 2.28. The fraction of sp³-hybridized carbons (Fsp3) is 0.824. The van der Waals surface area contributed by atoms with Crippen molar-refractivity contribution in [1.82, 2.24) is 0 Å². The van der Waals surface area contributed by atoms with Crippen LogP contribution < -0.4 is 0 Å². The van der Waals surface area contributed by atoms with Crippen LogP contribution in [0.25, 0.3) is 0 Å². The molecule has 110 valence electrons. The molecule has 0 heterocycles. The van der Waals surface area contributed by atoms with Crippen LogP contribution in [-0.2, 0) is 4.79 Å². The van der Waals surface area contributed by atoms with Crippen molar-refractivity contribution in [2.24, 2.45) is 17.3 Å². The number of aliphatic hydroxyl groups excluding tert-OH is 1. The first-order valence-corrected chi connectivity index (χ1v) is 7.91. The number of hydrogen-bond acceptors (Lipinski definition) is 2. The highest BCUT2D eigenvalue weighted by atomic mass is 16.3. The highest BCUT2D eigenvalue weighted by Crippen LogP contribution is 2.35. The maximum absolute atomic E-state index is 12.3. The number of ketones is 1. The van der Waals surface area contributed by atoms with Gasteiger partial charge in [0.1, 0.15) is 5.76 Å². The van der Waals surface area contributed by atoms with Gasteiger partial charge < -0.3 is 5.11 Å². The van der Waals surface area contributed by atoms with E-state index in [9.17, 15) is 9.90 Å². The number of hydrogen-bond donors (Lipinski definition) is 1. The van der Waals surface area contributed by atoms with Crippen LogP contribution in [0.2, 0.25) is 0 Å². The highest BCUT2D eigenvalue weighted by molar-refractivity contribution is 5.92. The molecule has 0 radical (unpaired) electrons. The summed E-state index contributed by atoms with van der Waals surface area (Å²) in [6, 6.07) is 0. The van der Waals surface area contributed by atoms with E-state index in [-0.39, 0.29) is 22.9 Å². The monoisotopic (exact) mass is 266 g/mol. The van der Waals surface area contributed by atoms with E-state index in [4.69, 9.17) is 0 Å². The predicted octanol–water partition coefficient (Wildman–Crippen LogP) is 5.04. The quantitative estimate of drug-likeness (QED) is 0.493. The molecule has 0 aromatic heterocycles. The third-order valence-corrected chi connectivity index (χ3v) is 5.20. The Balaban J connectivity index is 2.68. The molecule has 0 aliphatic heterocycles. The number of rotatable bonds is 8. The number of allylic oxidation sites excluding steroid dienone is 2. The van der Waals surface area contributed by atoms with Gasteiger partial charge in [-0.25, -0.2) is 0 Å². The summed E-state index contributed by atoms with van der Waals surface area (Å²) >= 11 is 0. The molecule has 0 aromatic carbocycles. The van der Waals surface area contributed by atoms with Crippen molar-refractivity contribution < 1.29 is 9.90 Å². The summed E-state index contributed by atoms with van der Waals surface area (Å²) in [5.41, 5.74) is -0.246. The lowest BCUT2D eigenvalue weighted by Gasteiger charge is -2.29. The molecule has 2 heteroatoms. The SMILES string of the molecule is CCC(CC1CCC1)C(=O)/C=C(\O)C(C)(CC)CC. The molecule has 1 saturated carbocycles. The topological polar surface area (TPSA) is 37.3 Å². The smallest absolute Gasteiger partial charge is 0.162 e. The van der Waals surface area contributed by atoms with Crippen LogP contribution in [0.3, 0.4) is 0 Å². The zero-order chi connectivity index (χ0) is 14.5. The van der Waals surface area contributed by atoms with Gasteiger partial charge in [0.2, 0.25) is 0 Å². The van der Waals surface area contributed by atoms with E-state index in [1.54, 1.807) is 0 Å². The second-order valence-electron chi connectivity index (χ2n) is 6.34. The molecular weight excluding hydrogens is 236 g/mol. The maximum atomic E-state index is 12.3. The molecule has 0 bridgehead atoms. The van der Waals surface area contributed by atoms with Gasteiger partial charge in [-0.2, -0.15) is 0 Å². The maximum Gasteiger partial charge on any atom is 0.162 e. The summed E-state index contributed by atoms with van der Waals surface area (Å²) < 4.78 is 0. The fourth-order valence-electron chi connectivity index (χ4n) is 2.65. The van der Waals surface area contributed by atoms with Crippen LogP contribution in [0.1, 0.15) is 72.6 Å². The average Bonchev–Trinajstić information content (AvgIpc) is 2.36. The van der Waals surface area contributed by atoms with Crippen molar-refractivity contribution >= 4 is 5.78 Å². The first kappa shape index (κ1) is 16.3. The summed E-state index contributed by atoms with van der Waals surface area (Å²) in [6.07, 6.45) is 9.00. The summed E-state index contributed by atoms with van der Waals surface area (Å²) in [4.78, 5) is 12.3. The Morgan fingerprint density at radius 3 is 2.26 bits per heavy atom. The molecule has 1 aliphatic carbocycles. The summed E-state index contributed by atoms with van der Waals surface area (Å²) in [5, 5.41) is 10.2. The molecular formula is C17H30O2. The fourth-order valence-corrected chi connectivity index (χ4v) is 2.65. The lowest BCUT2D eigenvalue weighted by molar-refractivity contribution is -0.119. The van der Waals surface area contributed by atoms with Gasteiger partial charge in [0.15, 0.2) is 5.78 Å². The Morgan fingerprint density at radius 1 is 1.32 bits per heavy atom. The van der Waals surface area contributed by atoms with Crippen molar-refractivity contribution in [2.75, 3.05) is 0 Å². The molecule has 19 heavy (non-hydrogen) atoms. The van der Waals surface area contributed by atoms with E-state index >= 15 is 0 Å². The van der Waals surface area contributed by atoms with E-state index in [1.807, 2.05) is 6.92 Å². The van der Waals surface area contributed by atoms with Crippen LogP contribution in [0, 0.1) is 17.3 Å². The summed E-state index contributed by atoms with van der Waals surface area (Å²) in [6.45, 7) is 8.22. The minimum absolute atomic E-state index is 0.102. The minimum atomic E-state index is -0.246. The van der Waals surface area contributed by atoms with E-state index in [2.05, 4.69) is 20.8 Å². The third-order valence-electron chi connectivity index (χ3n) is 5.20. The number of aliphatic hydroxyl groups is 1. The van der Waals surface area contributed by atoms with E-state index in [0.717, 1.165) is 31.6 Å². The largest absolute Gasteiger partial charge is 0.512 e. The Morgan fingerprint density at radius 2 is 1.89 bits per heavy atom. The molecule has 1 aliphatic rings. The Kier molecular flexibility index (Phi) is 6.09. The standard InChI is InChI=1S/C17H30O2/c1-5-14(11-13-9-8-10-13)15(18)12-16(19)17(4,6-2)7-3/h12-14,19H,5-11H2,1-4H3/b16-12-. The van der Waals surface area contributed by atoms with Crippen molar-refractivity contribution in [3.8, 4) is 0 Å². The minimum Gasteiger partial charge on any atom is -0.512 e. The average molecular weight is 266 g/mol. The molecule has 0 amide bonds. The van der Waals surface area contributed by atoms with Crippen molar-refractivity contribution in [2.45, 2.75) is 72.6 Å². The first-order valence-electron chi connectivity index (χ1n) is 7.91.